The van der Waals surface area contributed by atoms with Crippen molar-refractivity contribution in [3.63, 3.8) is 0 Å². The van der Waals surface area contributed by atoms with Crippen molar-refractivity contribution in [2.45, 2.75) is 82.5 Å². The predicted molar refractivity (Wildman–Crippen MR) is 123 cm³/mol. The molecule has 1 saturated carbocycles. The lowest BCUT2D eigenvalue weighted by molar-refractivity contribution is -0.137. The van der Waals surface area contributed by atoms with Crippen molar-refractivity contribution < 1.29 is 25.2 Å². The number of unbranched alkanes of at least 4 members (excludes halogenated alkanes) is 1. The van der Waals surface area contributed by atoms with Gasteiger partial charge >= 0.3 is 5.97 Å². The van der Waals surface area contributed by atoms with E-state index in [0.29, 0.717) is 32.1 Å². The lowest BCUT2D eigenvalue weighted by Gasteiger charge is -2.21. The molecular weight excluding hydrogens is 392 g/mol. The Morgan fingerprint density at radius 3 is 2.58 bits per heavy atom. The lowest BCUT2D eigenvalue weighted by Crippen LogP contribution is -2.20. The fourth-order valence-electron chi connectivity index (χ4n) is 4.57. The standard InChI is InChI=1S/C26H38O5/c1-2-10-20(19-11-6-5-7-12-19)17-21(27)15-16-23-22(24(28)18-25(23)29)13-8-3-4-9-14-26(30)31/h3,5-8,11-12,15-16,20-25,27-29H,2,4,9-10,13-14,17-18H2,1H3,(H,30,31)/b8-3-,16-15+/t20?,21-,22-,23-,24+,25-/m1/s1. The second-order valence-electron chi connectivity index (χ2n) is 8.69. The molecule has 5 nitrogen and oxygen atoms in total. The van der Waals surface area contributed by atoms with Crippen LogP contribution in [0.1, 0.15) is 69.8 Å². The molecule has 5 heteroatoms. The predicted octanol–water partition coefficient (Wildman–Crippen LogP) is 4.44. The van der Waals surface area contributed by atoms with Crippen molar-refractivity contribution in [1.29, 1.82) is 0 Å². The molecule has 0 aromatic heterocycles. The van der Waals surface area contributed by atoms with Crippen LogP contribution in [-0.4, -0.2) is 44.7 Å². The van der Waals surface area contributed by atoms with E-state index in [4.69, 9.17) is 5.11 Å². The summed E-state index contributed by atoms with van der Waals surface area (Å²) in [4.78, 5) is 10.6. The maximum Gasteiger partial charge on any atom is 0.303 e. The molecule has 1 fully saturated rings. The molecule has 1 aromatic rings. The first kappa shape index (κ1) is 25.3. The smallest absolute Gasteiger partial charge is 0.303 e. The average molecular weight is 431 g/mol. The fraction of sp³-hybridized carbons (Fsp3) is 0.577. The number of aliphatic hydroxyl groups excluding tert-OH is 3. The number of carboxylic acids is 1. The summed E-state index contributed by atoms with van der Waals surface area (Å²) >= 11 is 0. The van der Waals surface area contributed by atoms with Gasteiger partial charge in [0.2, 0.25) is 0 Å². The zero-order valence-electron chi connectivity index (χ0n) is 18.5. The van der Waals surface area contributed by atoms with Gasteiger partial charge in [-0.1, -0.05) is 68.0 Å². The van der Waals surface area contributed by atoms with Crippen LogP contribution in [0, 0.1) is 11.8 Å². The Hall–Kier alpha value is -1.95. The number of benzene rings is 1. The first-order valence-corrected chi connectivity index (χ1v) is 11.6. The van der Waals surface area contributed by atoms with Gasteiger partial charge in [0.1, 0.15) is 0 Å². The van der Waals surface area contributed by atoms with Gasteiger partial charge in [0.05, 0.1) is 18.3 Å². The van der Waals surface area contributed by atoms with Gasteiger partial charge in [-0.3, -0.25) is 4.79 Å². The summed E-state index contributed by atoms with van der Waals surface area (Å²) in [5, 5.41) is 40.1. The normalized spacial score (nSPS) is 25.9. The van der Waals surface area contributed by atoms with Crippen LogP contribution < -0.4 is 0 Å². The summed E-state index contributed by atoms with van der Waals surface area (Å²) in [5.41, 5.74) is 1.24. The molecule has 0 amide bonds. The Morgan fingerprint density at radius 2 is 1.90 bits per heavy atom. The summed E-state index contributed by atoms with van der Waals surface area (Å²) in [7, 11) is 0. The van der Waals surface area contributed by atoms with Gasteiger partial charge in [-0.25, -0.2) is 0 Å². The Kier molecular flexibility index (Phi) is 11.0. The summed E-state index contributed by atoms with van der Waals surface area (Å²) in [6, 6.07) is 10.3. The molecule has 1 aromatic carbocycles. The van der Waals surface area contributed by atoms with Crippen molar-refractivity contribution in [2.75, 3.05) is 0 Å². The van der Waals surface area contributed by atoms with Crippen LogP contribution in [0.25, 0.3) is 0 Å². The van der Waals surface area contributed by atoms with E-state index in [1.54, 1.807) is 6.08 Å². The Labute approximate surface area is 186 Å². The average Bonchev–Trinajstić information content (AvgIpc) is 3.01. The molecule has 0 bridgehead atoms. The van der Waals surface area contributed by atoms with Gasteiger partial charge in [-0.15, -0.1) is 0 Å². The van der Waals surface area contributed by atoms with Gasteiger partial charge in [-0.2, -0.15) is 0 Å². The molecule has 172 valence electrons. The number of aliphatic hydroxyl groups is 3. The largest absolute Gasteiger partial charge is 0.481 e. The molecule has 1 aliphatic rings. The first-order valence-electron chi connectivity index (χ1n) is 11.6. The van der Waals surface area contributed by atoms with Crippen molar-refractivity contribution in [3.05, 3.63) is 60.2 Å². The van der Waals surface area contributed by atoms with Crippen molar-refractivity contribution in [3.8, 4) is 0 Å². The lowest BCUT2D eigenvalue weighted by atomic mass is 9.87. The second-order valence-corrected chi connectivity index (χ2v) is 8.69. The van der Waals surface area contributed by atoms with Gasteiger partial charge < -0.3 is 20.4 Å². The van der Waals surface area contributed by atoms with Crippen LogP contribution in [0.5, 0.6) is 0 Å². The molecule has 31 heavy (non-hydrogen) atoms. The van der Waals surface area contributed by atoms with E-state index in [9.17, 15) is 20.1 Å². The maximum absolute atomic E-state index is 10.6. The van der Waals surface area contributed by atoms with Crippen LogP contribution in [0.3, 0.4) is 0 Å². The van der Waals surface area contributed by atoms with Crippen LogP contribution in [0.4, 0.5) is 0 Å². The quantitative estimate of drug-likeness (QED) is 0.274. The molecule has 1 aliphatic carbocycles. The second kappa shape index (κ2) is 13.5. The third kappa shape index (κ3) is 8.60. The van der Waals surface area contributed by atoms with Crippen molar-refractivity contribution in [1.82, 2.24) is 0 Å². The van der Waals surface area contributed by atoms with Crippen LogP contribution in [-0.2, 0) is 4.79 Å². The number of carboxylic acid groups (broad SMARTS) is 1. The molecule has 4 N–H and O–H groups in total. The van der Waals surface area contributed by atoms with E-state index in [1.165, 1.54) is 5.56 Å². The highest BCUT2D eigenvalue weighted by molar-refractivity contribution is 5.66. The molecule has 0 spiro atoms. The minimum absolute atomic E-state index is 0.102. The molecule has 1 unspecified atom stereocenters. The molecule has 0 aliphatic heterocycles. The first-order chi connectivity index (χ1) is 14.9. The molecule has 0 heterocycles. The van der Waals surface area contributed by atoms with Crippen LogP contribution in [0.15, 0.2) is 54.6 Å². The van der Waals surface area contributed by atoms with E-state index in [1.807, 2.05) is 36.4 Å². The SMILES string of the molecule is CCCC(C[C@H](O)/C=C/[C@@H]1[C@@H](C/C=C\CCCC(=O)O)[C@@H](O)C[C@H]1O)c1ccccc1. The van der Waals surface area contributed by atoms with Crippen molar-refractivity contribution >= 4 is 5.97 Å². The molecule has 0 radical (unpaired) electrons. The number of aliphatic carboxylic acids is 1. The Balaban J connectivity index is 1.92. The minimum Gasteiger partial charge on any atom is -0.481 e. The fourth-order valence-corrected chi connectivity index (χ4v) is 4.57. The number of hydrogen-bond acceptors (Lipinski definition) is 4. The summed E-state index contributed by atoms with van der Waals surface area (Å²) in [6.07, 6.45) is 10.9. The topological polar surface area (TPSA) is 98.0 Å². The summed E-state index contributed by atoms with van der Waals surface area (Å²) in [5.74, 6) is -0.807. The van der Waals surface area contributed by atoms with E-state index >= 15 is 0 Å². The van der Waals surface area contributed by atoms with Gasteiger partial charge in [0.25, 0.3) is 0 Å². The van der Waals surface area contributed by atoms with Gasteiger partial charge in [0, 0.05) is 18.8 Å². The van der Waals surface area contributed by atoms with E-state index in [2.05, 4.69) is 19.1 Å². The highest BCUT2D eigenvalue weighted by Crippen LogP contribution is 2.36. The van der Waals surface area contributed by atoms with E-state index in [0.717, 1.165) is 12.8 Å². The van der Waals surface area contributed by atoms with Crippen LogP contribution >= 0.6 is 0 Å². The zero-order chi connectivity index (χ0) is 22.6. The van der Waals surface area contributed by atoms with E-state index < -0.39 is 24.3 Å². The Bertz CT molecular complexity index is 699. The molecule has 0 saturated heterocycles. The molecular formula is C26H38O5. The summed E-state index contributed by atoms with van der Waals surface area (Å²) in [6.45, 7) is 2.15. The minimum atomic E-state index is -0.792. The van der Waals surface area contributed by atoms with Crippen molar-refractivity contribution in [2.24, 2.45) is 11.8 Å². The monoisotopic (exact) mass is 430 g/mol. The maximum atomic E-state index is 10.6. The van der Waals surface area contributed by atoms with Gasteiger partial charge in [0.15, 0.2) is 0 Å². The Morgan fingerprint density at radius 1 is 1.16 bits per heavy atom. The molecule has 6 atom stereocenters. The number of allylic oxidation sites excluding steroid dienone is 2. The highest BCUT2D eigenvalue weighted by Gasteiger charge is 2.39. The molecule has 2 rings (SSSR count). The number of hydrogen-bond donors (Lipinski definition) is 4. The van der Waals surface area contributed by atoms with E-state index in [-0.39, 0.29) is 24.2 Å². The zero-order valence-corrected chi connectivity index (χ0v) is 18.5. The number of carbonyl (C=O) groups is 1. The highest BCUT2D eigenvalue weighted by atomic mass is 16.4. The number of rotatable bonds is 13. The third-order valence-corrected chi connectivity index (χ3v) is 6.24. The van der Waals surface area contributed by atoms with Crippen LogP contribution in [0.2, 0.25) is 0 Å². The third-order valence-electron chi connectivity index (χ3n) is 6.24. The van der Waals surface area contributed by atoms with Gasteiger partial charge in [-0.05, 0) is 49.5 Å². The summed E-state index contributed by atoms with van der Waals surface area (Å²) < 4.78 is 0.